The van der Waals surface area contributed by atoms with Crippen LogP contribution in [0.25, 0.3) is 0 Å². The molecule has 0 aromatic heterocycles. The number of rotatable bonds is 5. The zero-order valence-corrected chi connectivity index (χ0v) is 9.05. The molecule has 0 saturated heterocycles. The third kappa shape index (κ3) is 2.48. The van der Waals surface area contributed by atoms with Crippen LogP contribution < -0.4 is 10.5 Å². The first kappa shape index (κ1) is 11.1. The smallest absolute Gasteiger partial charge is 0.122 e. The summed E-state index contributed by atoms with van der Waals surface area (Å²) >= 11 is 0. The van der Waals surface area contributed by atoms with Crippen LogP contribution in [0, 0.1) is 0 Å². The van der Waals surface area contributed by atoms with Gasteiger partial charge < -0.3 is 10.5 Å². The molecule has 0 radical (unpaired) electrons. The average molecular weight is 193 g/mol. The minimum atomic E-state index is 0.593. The lowest BCUT2D eigenvalue weighted by Gasteiger charge is -2.12. The number of hydrogen-bond acceptors (Lipinski definition) is 2. The lowest BCUT2D eigenvalue weighted by atomic mass is 10.0. The normalized spacial score (nSPS) is 10.2. The van der Waals surface area contributed by atoms with Crippen molar-refractivity contribution in [3.8, 4) is 5.75 Å². The van der Waals surface area contributed by atoms with Crippen LogP contribution in [0.1, 0.15) is 30.9 Å². The molecule has 14 heavy (non-hydrogen) atoms. The number of benzene rings is 1. The Balaban J connectivity index is 2.93. The SMILES string of the molecule is CCCCc1c(CN)cccc1OC. The minimum absolute atomic E-state index is 0.593. The summed E-state index contributed by atoms with van der Waals surface area (Å²) in [5.74, 6) is 0.974. The highest BCUT2D eigenvalue weighted by atomic mass is 16.5. The fourth-order valence-corrected chi connectivity index (χ4v) is 1.63. The Kier molecular flexibility index (Phi) is 4.47. The van der Waals surface area contributed by atoms with Crippen LogP contribution in [-0.4, -0.2) is 7.11 Å². The Morgan fingerprint density at radius 1 is 1.36 bits per heavy atom. The largest absolute Gasteiger partial charge is 0.496 e. The highest BCUT2D eigenvalue weighted by Gasteiger charge is 2.06. The maximum Gasteiger partial charge on any atom is 0.122 e. The molecular formula is C12H19NO. The van der Waals surface area contributed by atoms with E-state index in [4.69, 9.17) is 10.5 Å². The average Bonchev–Trinajstić information content (AvgIpc) is 2.25. The molecule has 1 aromatic carbocycles. The van der Waals surface area contributed by atoms with E-state index in [0.29, 0.717) is 6.54 Å². The fourth-order valence-electron chi connectivity index (χ4n) is 1.63. The van der Waals surface area contributed by atoms with Crippen LogP contribution in [0.4, 0.5) is 0 Å². The summed E-state index contributed by atoms with van der Waals surface area (Å²) in [5.41, 5.74) is 8.17. The van der Waals surface area contributed by atoms with Gasteiger partial charge in [0.1, 0.15) is 5.75 Å². The van der Waals surface area contributed by atoms with Gasteiger partial charge in [-0.1, -0.05) is 25.5 Å². The van der Waals surface area contributed by atoms with Crippen LogP contribution >= 0.6 is 0 Å². The van der Waals surface area contributed by atoms with E-state index in [9.17, 15) is 0 Å². The lowest BCUT2D eigenvalue weighted by Crippen LogP contribution is -2.03. The summed E-state index contributed by atoms with van der Waals surface area (Å²) in [4.78, 5) is 0. The first-order valence-corrected chi connectivity index (χ1v) is 5.18. The summed E-state index contributed by atoms with van der Waals surface area (Å²) in [6.07, 6.45) is 3.45. The molecule has 0 unspecified atom stereocenters. The Hall–Kier alpha value is -1.02. The summed E-state index contributed by atoms with van der Waals surface area (Å²) in [6.45, 7) is 2.79. The van der Waals surface area contributed by atoms with Crippen molar-refractivity contribution in [3.63, 3.8) is 0 Å². The fraction of sp³-hybridized carbons (Fsp3) is 0.500. The Morgan fingerprint density at radius 2 is 2.14 bits per heavy atom. The Labute approximate surface area is 86.1 Å². The number of unbranched alkanes of at least 4 members (excludes halogenated alkanes) is 1. The van der Waals surface area contributed by atoms with Gasteiger partial charge >= 0.3 is 0 Å². The van der Waals surface area contributed by atoms with E-state index >= 15 is 0 Å². The van der Waals surface area contributed by atoms with Crippen LogP contribution in [-0.2, 0) is 13.0 Å². The van der Waals surface area contributed by atoms with E-state index in [1.54, 1.807) is 7.11 Å². The van der Waals surface area contributed by atoms with Gasteiger partial charge in [0.15, 0.2) is 0 Å². The molecule has 1 rings (SSSR count). The van der Waals surface area contributed by atoms with E-state index in [1.165, 1.54) is 24.0 Å². The Morgan fingerprint density at radius 3 is 2.71 bits per heavy atom. The summed E-state index contributed by atoms with van der Waals surface area (Å²) in [5, 5.41) is 0. The van der Waals surface area contributed by atoms with Crippen molar-refractivity contribution in [2.75, 3.05) is 7.11 Å². The Bertz CT molecular complexity index is 261. The molecular weight excluding hydrogens is 174 g/mol. The van der Waals surface area contributed by atoms with Crippen LogP contribution in [0.2, 0.25) is 0 Å². The second-order valence-electron chi connectivity index (χ2n) is 3.41. The second kappa shape index (κ2) is 5.66. The summed E-state index contributed by atoms with van der Waals surface area (Å²) in [6, 6.07) is 6.08. The van der Waals surface area contributed by atoms with E-state index in [2.05, 4.69) is 13.0 Å². The predicted octanol–water partition coefficient (Wildman–Crippen LogP) is 2.50. The molecule has 0 aliphatic rings. The third-order valence-electron chi connectivity index (χ3n) is 2.45. The van der Waals surface area contributed by atoms with Crippen molar-refractivity contribution < 1.29 is 4.74 Å². The number of methoxy groups -OCH3 is 1. The molecule has 0 aliphatic carbocycles. The van der Waals surface area contributed by atoms with E-state index < -0.39 is 0 Å². The van der Waals surface area contributed by atoms with Crippen molar-refractivity contribution in [2.45, 2.75) is 32.7 Å². The van der Waals surface area contributed by atoms with Crippen molar-refractivity contribution in [1.82, 2.24) is 0 Å². The number of ether oxygens (including phenoxy) is 1. The molecule has 1 aromatic rings. The topological polar surface area (TPSA) is 35.2 Å². The zero-order chi connectivity index (χ0) is 10.4. The molecule has 2 heteroatoms. The van der Waals surface area contributed by atoms with Gasteiger partial charge in [-0.2, -0.15) is 0 Å². The van der Waals surface area contributed by atoms with Gasteiger partial charge in [-0.05, 0) is 30.0 Å². The second-order valence-corrected chi connectivity index (χ2v) is 3.41. The van der Waals surface area contributed by atoms with Crippen molar-refractivity contribution in [1.29, 1.82) is 0 Å². The molecule has 0 atom stereocenters. The minimum Gasteiger partial charge on any atom is -0.496 e. The van der Waals surface area contributed by atoms with Crippen molar-refractivity contribution in [3.05, 3.63) is 29.3 Å². The number of nitrogens with two attached hydrogens (primary N) is 1. The van der Waals surface area contributed by atoms with Gasteiger partial charge in [-0.3, -0.25) is 0 Å². The molecule has 0 saturated carbocycles. The molecule has 2 nitrogen and oxygen atoms in total. The lowest BCUT2D eigenvalue weighted by molar-refractivity contribution is 0.408. The molecule has 78 valence electrons. The van der Waals surface area contributed by atoms with Gasteiger partial charge in [0.2, 0.25) is 0 Å². The van der Waals surface area contributed by atoms with E-state index in [-0.39, 0.29) is 0 Å². The van der Waals surface area contributed by atoms with Gasteiger partial charge in [-0.15, -0.1) is 0 Å². The maximum atomic E-state index is 5.69. The van der Waals surface area contributed by atoms with E-state index in [1.807, 2.05) is 12.1 Å². The first-order valence-electron chi connectivity index (χ1n) is 5.18. The van der Waals surface area contributed by atoms with Crippen LogP contribution in [0.15, 0.2) is 18.2 Å². The molecule has 0 amide bonds. The highest BCUT2D eigenvalue weighted by Crippen LogP contribution is 2.23. The summed E-state index contributed by atoms with van der Waals surface area (Å²) in [7, 11) is 1.71. The molecule has 0 aliphatic heterocycles. The highest BCUT2D eigenvalue weighted by molar-refractivity contribution is 5.40. The van der Waals surface area contributed by atoms with Crippen LogP contribution in [0.5, 0.6) is 5.75 Å². The first-order chi connectivity index (χ1) is 6.83. The van der Waals surface area contributed by atoms with Gasteiger partial charge in [0.25, 0.3) is 0 Å². The monoisotopic (exact) mass is 193 g/mol. The number of hydrogen-bond donors (Lipinski definition) is 1. The quantitative estimate of drug-likeness (QED) is 0.779. The molecule has 0 heterocycles. The van der Waals surface area contributed by atoms with Gasteiger partial charge in [0.05, 0.1) is 7.11 Å². The maximum absolute atomic E-state index is 5.69. The standard InChI is InChI=1S/C12H19NO/c1-3-4-7-11-10(9-13)6-5-8-12(11)14-2/h5-6,8H,3-4,7,9,13H2,1-2H3. The third-order valence-corrected chi connectivity index (χ3v) is 2.45. The predicted molar refractivity (Wildman–Crippen MR) is 59.5 cm³/mol. The van der Waals surface area contributed by atoms with Crippen LogP contribution in [0.3, 0.4) is 0 Å². The van der Waals surface area contributed by atoms with Crippen molar-refractivity contribution >= 4 is 0 Å². The molecule has 0 spiro atoms. The van der Waals surface area contributed by atoms with Crippen molar-refractivity contribution in [2.24, 2.45) is 5.73 Å². The van der Waals surface area contributed by atoms with Gasteiger partial charge in [0, 0.05) is 6.54 Å². The van der Waals surface area contributed by atoms with E-state index in [0.717, 1.165) is 12.2 Å². The molecule has 0 fully saturated rings. The van der Waals surface area contributed by atoms with Gasteiger partial charge in [-0.25, -0.2) is 0 Å². The summed E-state index contributed by atoms with van der Waals surface area (Å²) < 4.78 is 5.33. The molecule has 0 bridgehead atoms. The zero-order valence-electron chi connectivity index (χ0n) is 9.05. The molecule has 2 N–H and O–H groups in total.